The zero-order valence-corrected chi connectivity index (χ0v) is 11.4. The minimum atomic E-state index is 0.0810. The van der Waals surface area contributed by atoms with Gasteiger partial charge in [0.2, 0.25) is 5.91 Å². The van der Waals surface area contributed by atoms with E-state index in [4.69, 9.17) is 4.74 Å². The number of benzene rings is 1. The normalized spacial score (nSPS) is 10.4. The standard InChI is InChI=1S/C14H22N2O2/c1-4-16(13-7-5-12(2)6-8-13)14(17)11-15-9-10-18-3/h5-8,15H,4,9-11H2,1-3H3. The second-order valence-electron chi connectivity index (χ2n) is 4.14. The molecule has 1 aromatic rings. The Balaban J connectivity index is 2.54. The Hall–Kier alpha value is -1.39. The zero-order valence-electron chi connectivity index (χ0n) is 11.4. The maximum Gasteiger partial charge on any atom is 0.240 e. The molecule has 0 radical (unpaired) electrons. The van der Waals surface area contributed by atoms with E-state index in [9.17, 15) is 4.79 Å². The lowest BCUT2D eigenvalue weighted by atomic mass is 10.2. The van der Waals surface area contributed by atoms with Crippen molar-refractivity contribution in [1.82, 2.24) is 5.32 Å². The van der Waals surface area contributed by atoms with E-state index < -0.39 is 0 Å². The number of likely N-dealkylation sites (N-methyl/N-ethyl adjacent to an activating group) is 1. The summed E-state index contributed by atoms with van der Waals surface area (Å²) in [6, 6.07) is 7.99. The highest BCUT2D eigenvalue weighted by atomic mass is 16.5. The molecule has 4 heteroatoms. The summed E-state index contributed by atoms with van der Waals surface area (Å²) >= 11 is 0. The van der Waals surface area contributed by atoms with Gasteiger partial charge >= 0.3 is 0 Å². The first-order valence-corrected chi connectivity index (χ1v) is 6.25. The number of carbonyl (C=O) groups is 1. The number of methoxy groups -OCH3 is 1. The molecule has 18 heavy (non-hydrogen) atoms. The maximum atomic E-state index is 12.0. The first-order chi connectivity index (χ1) is 8.69. The first-order valence-electron chi connectivity index (χ1n) is 6.25. The molecule has 0 saturated carbocycles. The van der Waals surface area contributed by atoms with Gasteiger partial charge in [-0.25, -0.2) is 0 Å². The van der Waals surface area contributed by atoms with Gasteiger partial charge in [-0.05, 0) is 26.0 Å². The van der Waals surface area contributed by atoms with Crippen LogP contribution in [0.25, 0.3) is 0 Å². The van der Waals surface area contributed by atoms with Crippen LogP contribution in [0.5, 0.6) is 0 Å². The smallest absolute Gasteiger partial charge is 0.240 e. The summed E-state index contributed by atoms with van der Waals surface area (Å²) in [5, 5.41) is 3.07. The van der Waals surface area contributed by atoms with Crippen LogP contribution in [0.2, 0.25) is 0 Å². The van der Waals surface area contributed by atoms with E-state index in [2.05, 4.69) is 5.32 Å². The van der Waals surface area contributed by atoms with Crippen LogP contribution in [0.4, 0.5) is 5.69 Å². The van der Waals surface area contributed by atoms with Crippen LogP contribution < -0.4 is 10.2 Å². The van der Waals surface area contributed by atoms with Crippen molar-refractivity contribution in [2.45, 2.75) is 13.8 Å². The molecule has 1 N–H and O–H groups in total. The monoisotopic (exact) mass is 250 g/mol. The summed E-state index contributed by atoms with van der Waals surface area (Å²) in [5.41, 5.74) is 2.14. The summed E-state index contributed by atoms with van der Waals surface area (Å²) in [6.07, 6.45) is 0. The van der Waals surface area contributed by atoms with Gasteiger partial charge in [-0.3, -0.25) is 4.79 Å². The fraction of sp³-hybridized carbons (Fsp3) is 0.500. The Morgan fingerprint density at radius 2 is 2.00 bits per heavy atom. The van der Waals surface area contributed by atoms with E-state index >= 15 is 0 Å². The third kappa shape index (κ3) is 4.47. The molecule has 0 unspecified atom stereocenters. The van der Waals surface area contributed by atoms with Crippen LogP contribution in [0.15, 0.2) is 24.3 Å². The molecule has 0 fully saturated rings. The summed E-state index contributed by atoms with van der Waals surface area (Å²) in [6.45, 7) is 6.33. The molecule has 0 aliphatic carbocycles. The summed E-state index contributed by atoms with van der Waals surface area (Å²) in [7, 11) is 1.65. The Kier molecular flexibility index (Phi) is 6.39. The van der Waals surface area contributed by atoms with Gasteiger partial charge in [0.15, 0.2) is 0 Å². The van der Waals surface area contributed by atoms with E-state index in [-0.39, 0.29) is 5.91 Å². The minimum Gasteiger partial charge on any atom is -0.383 e. The molecule has 0 aliphatic rings. The number of amides is 1. The van der Waals surface area contributed by atoms with Crippen molar-refractivity contribution in [3.8, 4) is 0 Å². The van der Waals surface area contributed by atoms with Gasteiger partial charge in [-0.15, -0.1) is 0 Å². The Morgan fingerprint density at radius 1 is 1.33 bits per heavy atom. The largest absolute Gasteiger partial charge is 0.383 e. The second-order valence-corrected chi connectivity index (χ2v) is 4.14. The molecule has 0 spiro atoms. The van der Waals surface area contributed by atoms with Crippen molar-refractivity contribution < 1.29 is 9.53 Å². The number of hydrogen-bond donors (Lipinski definition) is 1. The predicted molar refractivity (Wildman–Crippen MR) is 74.0 cm³/mol. The van der Waals surface area contributed by atoms with Gasteiger partial charge in [0, 0.05) is 25.9 Å². The molecule has 0 aliphatic heterocycles. The molecule has 4 nitrogen and oxygen atoms in total. The van der Waals surface area contributed by atoms with Gasteiger partial charge in [0.1, 0.15) is 0 Å². The molecule has 100 valence electrons. The second kappa shape index (κ2) is 7.84. The average Bonchev–Trinajstić information content (AvgIpc) is 2.38. The highest BCUT2D eigenvalue weighted by molar-refractivity contribution is 5.94. The molecule has 1 amide bonds. The van der Waals surface area contributed by atoms with Crippen molar-refractivity contribution in [3.63, 3.8) is 0 Å². The lowest BCUT2D eigenvalue weighted by molar-refractivity contribution is -0.117. The zero-order chi connectivity index (χ0) is 13.4. The molecular weight excluding hydrogens is 228 g/mol. The van der Waals surface area contributed by atoms with E-state index in [1.165, 1.54) is 5.56 Å². The molecule has 0 heterocycles. The fourth-order valence-electron chi connectivity index (χ4n) is 1.69. The number of hydrogen-bond acceptors (Lipinski definition) is 3. The molecule has 1 rings (SSSR count). The van der Waals surface area contributed by atoms with Crippen molar-refractivity contribution >= 4 is 11.6 Å². The van der Waals surface area contributed by atoms with Crippen LogP contribution in [0.3, 0.4) is 0 Å². The van der Waals surface area contributed by atoms with Crippen molar-refractivity contribution in [3.05, 3.63) is 29.8 Å². The lowest BCUT2D eigenvalue weighted by Gasteiger charge is -2.21. The molecule has 1 aromatic carbocycles. The van der Waals surface area contributed by atoms with Gasteiger partial charge in [0.25, 0.3) is 0 Å². The number of carbonyl (C=O) groups excluding carboxylic acids is 1. The van der Waals surface area contributed by atoms with Gasteiger partial charge < -0.3 is 15.0 Å². The van der Waals surface area contributed by atoms with Crippen LogP contribution >= 0.6 is 0 Å². The van der Waals surface area contributed by atoms with Gasteiger partial charge in [-0.1, -0.05) is 17.7 Å². The van der Waals surface area contributed by atoms with E-state index in [1.54, 1.807) is 12.0 Å². The molecule has 0 atom stereocenters. The first kappa shape index (κ1) is 14.7. The van der Waals surface area contributed by atoms with E-state index in [0.717, 1.165) is 5.69 Å². The number of anilines is 1. The molecule has 0 aromatic heterocycles. The number of nitrogens with zero attached hydrogens (tertiary/aromatic N) is 1. The quantitative estimate of drug-likeness (QED) is 0.747. The number of rotatable bonds is 7. The van der Waals surface area contributed by atoms with Crippen molar-refractivity contribution in [1.29, 1.82) is 0 Å². The Labute approximate surface area is 109 Å². The number of aryl methyl sites for hydroxylation is 1. The lowest BCUT2D eigenvalue weighted by Crippen LogP contribution is -2.39. The van der Waals surface area contributed by atoms with Crippen molar-refractivity contribution in [2.75, 3.05) is 38.3 Å². The average molecular weight is 250 g/mol. The van der Waals surface area contributed by atoms with Crippen LogP contribution in [-0.4, -0.2) is 39.3 Å². The van der Waals surface area contributed by atoms with E-state index in [0.29, 0.717) is 26.2 Å². The predicted octanol–water partition coefficient (Wildman–Crippen LogP) is 1.58. The fourth-order valence-corrected chi connectivity index (χ4v) is 1.69. The maximum absolute atomic E-state index is 12.0. The molecule has 0 saturated heterocycles. The Morgan fingerprint density at radius 3 is 2.56 bits per heavy atom. The van der Waals surface area contributed by atoms with Crippen LogP contribution in [0, 0.1) is 6.92 Å². The third-order valence-corrected chi connectivity index (χ3v) is 2.72. The van der Waals surface area contributed by atoms with Gasteiger partial charge in [0.05, 0.1) is 13.2 Å². The summed E-state index contributed by atoms with van der Waals surface area (Å²) in [5.74, 6) is 0.0810. The number of ether oxygens (including phenoxy) is 1. The summed E-state index contributed by atoms with van der Waals surface area (Å²) < 4.78 is 4.92. The minimum absolute atomic E-state index is 0.0810. The van der Waals surface area contributed by atoms with Crippen LogP contribution in [-0.2, 0) is 9.53 Å². The highest BCUT2D eigenvalue weighted by Gasteiger charge is 2.12. The topological polar surface area (TPSA) is 41.6 Å². The Bertz CT molecular complexity index is 363. The highest BCUT2D eigenvalue weighted by Crippen LogP contribution is 2.14. The van der Waals surface area contributed by atoms with Crippen LogP contribution in [0.1, 0.15) is 12.5 Å². The van der Waals surface area contributed by atoms with Gasteiger partial charge in [-0.2, -0.15) is 0 Å². The molecule has 0 bridgehead atoms. The van der Waals surface area contributed by atoms with Crippen molar-refractivity contribution in [2.24, 2.45) is 0 Å². The number of nitrogens with one attached hydrogen (secondary N) is 1. The summed E-state index contributed by atoms with van der Waals surface area (Å²) in [4.78, 5) is 13.8. The SMILES string of the molecule is CCN(C(=O)CNCCOC)c1ccc(C)cc1. The molecular formula is C14H22N2O2. The van der Waals surface area contributed by atoms with E-state index in [1.807, 2.05) is 38.1 Å². The third-order valence-electron chi connectivity index (χ3n) is 2.72.